The van der Waals surface area contributed by atoms with E-state index >= 15 is 0 Å². The van der Waals surface area contributed by atoms with Crippen LogP contribution in [0, 0.1) is 13.8 Å². The molecule has 6 nitrogen and oxygen atoms in total. The van der Waals surface area contributed by atoms with E-state index in [2.05, 4.69) is 4.72 Å². The number of ether oxygens (including phenoxy) is 1. The van der Waals surface area contributed by atoms with Gasteiger partial charge in [0.2, 0.25) is 10.0 Å². The zero-order valence-corrected chi connectivity index (χ0v) is 20.1. The molecule has 7 heteroatoms. The summed E-state index contributed by atoms with van der Waals surface area (Å²) in [6.45, 7) is 5.88. The van der Waals surface area contributed by atoms with E-state index in [1.54, 1.807) is 55.3 Å². The summed E-state index contributed by atoms with van der Waals surface area (Å²) in [5, 5.41) is 0. The van der Waals surface area contributed by atoms with Crippen LogP contribution in [0.15, 0.2) is 65.6 Å². The fourth-order valence-corrected chi connectivity index (χ4v) is 5.54. The first-order chi connectivity index (χ1) is 15.7. The zero-order valence-electron chi connectivity index (χ0n) is 19.3. The minimum Gasteiger partial charge on any atom is -0.497 e. The molecule has 0 fully saturated rings. The quantitative estimate of drug-likeness (QED) is 0.587. The van der Waals surface area contributed by atoms with Gasteiger partial charge in [0.25, 0.3) is 5.91 Å². The van der Waals surface area contributed by atoms with Gasteiger partial charge in [-0.05, 0) is 80.3 Å². The number of hydrogen-bond donors (Lipinski definition) is 1. The molecule has 0 bridgehead atoms. The van der Waals surface area contributed by atoms with Crippen LogP contribution in [-0.2, 0) is 23.0 Å². The molecule has 0 aromatic heterocycles. The van der Waals surface area contributed by atoms with Crippen molar-refractivity contribution in [1.29, 1.82) is 0 Å². The Hall–Kier alpha value is -3.16. The number of nitrogens with one attached hydrogen (secondary N) is 1. The number of anilines is 1. The molecule has 1 N–H and O–H groups in total. The van der Waals surface area contributed by atoms with Crippen molar-refractivity contribution in [2.45, 2.75) is 44.7 Å². The summed E-state index contributed by atoms with van der Waals surface area (Å²) in [7, 11) is -2.06. The third kappa shape index (κ3) is 4.65. The molecular weight excluding hydrogens is 436 g/mol. The van der Waals surface area contributed by atoms with Crippen molar-refractivity contribution in [2.24, 2.45) is 0 Å². The maximum absolute atomic E-state index is 13.3. The first-order valence-electron chi connectivity index (χ1n) is 10.9. The van der Waals surface area contributed by atoms with Crippen molar-refractivity contribution in [3.05, 3.63) is 88.5 Å². The van der Waals surface area contributed by atoms with Crippen LogP contribution in [0.3, 0.4) is 0 Å². The SMILES string of the molecule is COc1ccc(C(=O)N2c3cc(CNS(=O)(=O)c4ccc(C)cc4C)ccc3C[C@@H]2C)cc1. The van der Waals surface area contributed by atoms with Crippen molar-refractivity contribution in [2.75, 3.05) is 12.0 Å². The second-order valence-corrected chi connectivity index (χ2v) is 10.2. The summed E-state index contributed by atoms with van der Waals surface area (Å²) in [6.07, 6.45) is 0.756. The lowest BCUT2D eigenvalue weighted by Gasteiger charge is -2.23. The summed E-state index contributed by atoms with van der Waals surface area (Å²) in [4.78, 5) is 15.3. The molecule has 1 aliphatic rings. The predicted molar refractivity (Wildman–Crippen MR) is 129 cm³/mol. The lowest BCUT2D eigenvalue weighted by molar-refractivity contribution is 0.0981. The molecule has 172 valence electrons. The van der Waals surface area contributed by atoms with E-state index in [4.69, 9.17) is 4.74 Å². The number of rotatable bonds is 6. The highest BCUT2D eigenvalue weighted by atomic mass is 32.2. The number of aryl methyl sites for hydroxylation is 2. The third-order valence-corrected chi connectivity index (χ3v) is 7.57. The van der Waals surface area contributed by atoms with Gasteiger partial charge < -0.3 is 9.64 Å². The van der Waals surface area contributed by atoms with Gasteiger partial charge in [0, 0.05) is 23.8 Å². The molecule has 1 aliphatic heterocycles. The van der Waals surface area contributed by atoms with Crippen LogP contribution in [-0.4, -0.2) is 27.5 Å². The average Bonchev–Trinajstić information content (AvgIpc) is 3.12. The molecule has 0 radical (unpaired) electrons. The second kappa shape index (κ2) is 9.00. The molecule has 0 saturated carbocycles. The monoisotopic (exact) mass is 464 g/mol. The molecule has 0 spiro atoms. The number of nitrogens with zero attached hydrogens (tertiary/aromatic N) is 1. The minimum absolute atomic E-state index is 0.0109. The molecule has 4 rings (SSSR count). The number of amides is 1. The number of methoxy groups -OCH3 is 1. The molecular formula is C26H28N2O4S. The zero-order chi connectivity index (χ0) is 23.8. The Bertz CT molecular complexity index is 1300. The van der Waals surface area contributed by atoms with Gasteiger partial charge in [0.15, 0.2) is 0 Å². The summed E-state index contributed by atoms with van der Waals surface area (Å²) in [6, 6.07) is 18.1. The Morgan fingerprint density at radius 1 is 1.06 bits per heavy atom. The lowest BCUT2D eigenvalue weighted by Crippen LogP contribution is -2.35. The van der Waals surface area contributed by atoms with Gasteiger partial charge in [-0.15, -0.1) is 0 Å². The van der Waals surface area contributed by atoms with Crippen LogP contribution in [0.1, 0.15) is 39.5 Å². The van der Waals surface area contributed by atoms with E-state index in [0.29, 0.717) is 16.9 Å². The van der Waals surface area contributed by atoms with Crippen LogP contribution in [0.2, 0.25) is 0 Å². The van der Waals surface area contributed by atoms with Crippen LogP contribution in [0.25, 0.3) is 0 Å². The summed E-state index contributed by atoms with van der Waals surface area (Å²) < 4.78 is 33.6. The summed E-state index contributed by atoms with van der Waals surface area (Å²) >= 11 is 0. The highest BCUT2D eigenvalue weighted by molar-refractivity contribution is 7.89. The average molecular weight is 465 g/mol. The van der Waals surface area contributed by atoms with Gasteiger partial charge in [0.05, 0.1) is 12.0 Å². The Morgan fingerprint density at radius 2 is 1.79 bits per heavy atom. The highest BCUT2D eigenvalue weighted by Gasteiger charge is 2.32. The molecule has 1 atom stereocenters. The van der Waals surface area contributed by atoms with E-state index in [1.807, 2.05) is 38.1 Å². The lowest BCUT2D eigenvalue weighted by atomic mass is 10.1. The van der Waals surface area contributed by atoms with Crippen LogP contribution in [0.4, 0.5) is 5.69 Å². The molecule has 3 aromatic rings. The fraction of sp³-hybridized carbons (Fsp3) is 0.269. The topological polar surface area (TPSA) is 75.7 Å². The van der Waals surface area contributed by atoms with Crippen LogP contribution >= 0.6 is 0 Å². The molecule has 0 saturated heterocycles. The minimum atomic E-state index is -3.65. The molecule has 3 aromatic carbocycles. The Labute approximate surface area is 195 Å². The van der Waals surface area contributed by atoms with Gasteiger partial charge in [-0.25, -0.2) is 13.1 Å². The normalized spacial score (nSPS) is 15.4. The largest absolute Gasteiger partial charge is 0.497 e. The van der Waals surface area contributed by atoms with Gasteiger partial charge in [-0.1, -0.05) is 29.8 Å². The van der Waals surface area contributed by atoms with E-state index < -0.39 is 10.0 Å². The van der Waals surface area contributed by atoms with Gasteiger partial charge in [0.1, 0.15) is 5.75 Å². The smallest absolute Gasteiger partial charge is 0.258 e. The maximum atomic E-state index is 13.3. The number of fused-ring (bicyclic) bond motifs is 1. The molecule has 1 amide bonds. The van der Waals surface area contributed by atoms with Crippen molar-refractivity contribution < 1.29 is 17.9 Å². The number of sulfonamides is 1. The molecule has 33 heavy (non-hydrogen) atoms. The first kappa shape index (κ1) is 23.0. The molecule has 0 aliphatic carbocycles. The number of carbonyl (C=O) groups is 1. The summed E-state index contributed by atoms with van der Waals surface area (Å²) in [5.41, 5.74) is 5.00. The Balaban J connectivity index is 1.56. The Kier molecular flexibility index (Phi) is 6.28. The van der Waals surface area contributed by atoms with Gasteiger partial charge >= 0.3 is 0 Å². The van der Waals surface area contributed by atoms with Gasteiger partial charge in [-0.2, -0.15) is 0 Å². The van der Waals surface area contributed by atoms with Crippen molar-refractivity contribution in [3.8, 4) is 5.75 Å². The number of carbonyl (C=O) groups excluding carboxylic acids is 1. The van der Waals surface area contributed by atoms with Crippen LogP contribution in [0.5, 0.6) is 5.75 Å². The van der Waals surface area contributed by atoms with Crippen molar-refractivity contribution in [3.63, 3.8) is 0 Å². The van der Waals surface area contributed by atoms with Crippen molar-refractivity contribution in [1.82, 2.24) is 4.72 Å². The van der Waals surface area contributed by atoms with Gasteiger partial charge in [-0.3, -0.25) is 4.79 Å². The number of hydrogen-bond acceptors (Lipinski definition) is 4. The van der Waals surface area contributed by atoms with E-state index in [0.717, 1.165) is 28.8 Å². The standard InChI is InChI=1S/C26H28N2O4S/c1-17-5-12-25(18(2)13-17)33(30,31)27-16-20-6-7-22-14-19(3)28(24(22)15-20)26(29)21-8-10-23(32-4)11-9-21/h5-13,15,19,27H,14,16H2,1-4H3/t19-/m0/s1. The maximum Gasteiger partial charge on any atom is 0.258 e. The van der Waals surface area contributed by atoms with Crippen molar-refractivity contribution >= 4 is 21.6 Å². The third-order valence-electron chi connectivity index (χ3n) is 6.01. The summed E-state index contributed by atoms with van der Waals surface area (Å²) in [5.74, 6) is 0.608. The second-order valence-electron chi connectivity index (χ2n) is 8.51. The van der Waals surface area contributed by atoms with Crippen LogP contribution < -0.4 is 14.4 Å². The highest BCUT2D eigenvalue weighted by Crippen LogP contribution is 2.34. The Morgan fingerprint density at radius 3 is 2.45 bits per heavy atom. The molecule has 0 unspecified atom stereocenters. The fourth-order valence-electron chi connectivity index (χ4n) is 4.30. The van der Waals surface area contributed by atoms with E-state index in [-0.39, 0.29) is 23.4 Å². The molecule has 1 heterocycles. The van der Waals surface area contributed by atoms with E-state index in [9.17, 15) is 13.2 Å². The number of benzene rings is 3. The first-order valence-corrected chi connectivity index (χ1v) is 12.3. The predicted octanol–water partition coefficient (Wildman–Crippen LogP) is 4.38. The van der Waals surface area contributed by atoms with E-state index in [1.165, 1.54) is 0 Å².